The van der Waals surface area contributed by atoms with Crippen molar-refractivity contribution in [3.05, 3.63) is 84.6 Å². The Kier molecular flexibility index (Phi) is 9.49. The molecule has 1 fully saturated rings. The van der Waals surface area contributed by atoms with E-state index >= 15 is 0 Å². The summed E-state index contributed by atoms with van der Waals surface area (Å²) in [4.78, 5) is 25.9. The zero-order valence-corrected chi connectivity index (χ0v) is 21.7. The Morgan fingerprint density at radius 2 is 1.92 bits per heavy atom. The normalized spacial score (nSPS) is 13.5. The first-order valence-electron chi connectivity index (χ1n) is 12.6. The highest BCUT2D eigenvalue weighted by molar-refractivity contribution is 6.04. The molecule has 1 aliphatic heterocycles. The van der Waals surface area contributed by atoms with Gasteiger partial charge >= 0.3 is 0 Å². The first kappa shape index (κ1) is 26.9. The number of carbonyl (C=O) groups excluding carboxylic acids is 1. The van der Waals surface area contributed by atoms with Crippen LogP contribution < -0.4 is 21.1 Å². The number of anilines is 3. The second-order valence-corrected chi connectivity index (χ2v) is 8.98. The van der Waals surface area contributed by atoms with E-state index in [9.17, 15) is 4.79 Å². The molecule has 0 bridgehead atoms. The van der Waals surface area contributed by atoms with Crippen molar-refractivity contribution in [1.29, 1.82) is 0 Å². The largest absolute Gasteiger partial charge is 0.481 e. The van der Waals surface area contributed by atoms with Crippen molar-refractivity contribution in [3.63, 3.8) is 0 Å². The Labute approximate surface area is 223 Å². The highest BCUT2D eigenvalue weighted by Crippen LogP contribution is 2.19. The minimum atomic E-state index is -0.310. The number of amides is 1. The number of methoxy groups -OCH3 is 1. The summed E-state index contributed by atoms with van der Waals surface area (Å²) in [7, 11) is 1.59. The average Bonchev–Trinajstić information content (AvgIpc) is 2.95. The summed E-state index contributed by atoms with van der Waals surface area (Å²) < 4.78 is 10.6. The summed E-state index contributed by atoms with van der Waals surface area (Å²) in [5.41, 5.74) is 9.10. The van der Waals surface area contributed by atoms with Crippen LogP contribution >= 0.6 is 0 Å². The lowest BCUT2D eigenvalue weighted by Crippen LogP contribution is -2.38. The third-order valence-corrected chi connectivity index (χ3v) is 6.26. The molecule has 0 radical (unpaired) electrons. The number of para-hydroxylation sites is 2. The van der Waals surface area contributed by atoms with Gasteiger partial charge in [-0.2, -0.15) is 0 Å². The number of nitrogens with one attached hydrogen (secondary N) is 2. The van der Waals surface area contributed by atoms with Crippen molar-refractivity contribution in [3.8, 4) is 5.88 Å². The van der Waals surface area contributed by atoms with Gasteiger partial charge in [0, 0.05) is 45.0 Å². The van der Waals surface area contributed by atoms with Crippen molar-refractivity contribution in [2.75, 3.05) is 62.9 Å². The first-order valence-corrected chi connectivity index (χ1v) is 12.6. The standard InChI is InChI=1S/C28H35N7O3/c1-21(32-23-9-11-27(37-2)31-19-23)35(13-5-12-34-14-16-38-17-15-34)20-22-8-10-26(30-18-22)28(36)33-25-7-4-3-6-24(25)29/h3-4,6-11,18-19,32H,1,5,12-17,20,29H2,2H3,(H,33,36). The van der Waals surface area contributed by atoms with Crippen LogP contribution in [0.3, 0.4) is 0 Å². The molecule has 3 aromatic rings. The zero-order valence-electron chi connectivity index (χ0n) is 21.7. The summed E-state index contributed by atoms with van der Waals surface area (Å²) in [6.07, 6.45) is 4.40. The van der Waals surface area contributed by atoms with Gasteiger partial charge < -0.3 is 30.7 Å². The van der Waals surface area contributed by atoms with E-state index in [-0.39, 0.29) is 5.91 Å². The van der Waals surface area contributed by atoms with Gasteiger partial charge in [0.2, 0.25) is 5.88 Å². The van der Waals surface area contributed by atoms with Gasteiger partial charge in [-0.1, -0.05) is 24.8 Å². The summed E-state index contributed by atoms with van der Waals surface area (Å²) in [6.45, 7) is 10.1. The quantitative estimate of drug-likeness (QED) is 0.311. The van der Waals surface area contributed by atoms with Crippen LogP contribution in [-0.4, -0.2) is 72.2 Å². The van der Waals surface area contributed by atoms with Gasteiger partial charge in [0.05, 0.1) is 49.4 Å². The minimum absolute atomic E-state index is 0.310. The molecule has 0 atom stereocenters. The Balaban J connectivity index is 1.40. The Morgan fingerprint density at radius 1 is 1.11 bits per heavy atom. The van der Waals surface area contributed by atoms with Crippen LogP contribution in [0, 0.1) is 0 Å². The van der Waals surface area contributed by atoms with Crippen LogP contribution in [0.25, 0.3) is 0 Å². The van der Waals surface area contributed by atoms with Gasteiger partial charge in [-0.05, 0) is 36.2 Å². The molecule has 1 amide bonds. The number of rotatable bonds is 12. The molecule has 38 heavy (non-hydrogen) atoms. The van der Waals surface area contributed by atoms with Crippen molar-refractivity contribution in [1.82, 2.24) is 19.8 Å². The molecular weight excluding hydrogens is 482 g/mol. The second-order valence-electron chi connectivity index (χ2n) is 8.98. The number of carbonyl (C=O) groups is 1. The summed E-state index contributed by atoms with van der Waals surface area (Å²) >= 11 is 0. The molecule has 4 rings (SSSR count). The van der Waals surface area contributed by atoms with Gasteiger partial charge in [0.1, 0.15) is 5.69 Å². The van der Waals surface area contributed by atoms with Crippen LogP contribution in [0.1, 0.15) is 22.5 Å². The van der Waals surface area contributed by atoms with E-state index in [4.69, 9.17) is 15.2 Å². The molecule has 10 heteroatoms. The van der Waals surface area contributed by atoms with E-state index in [2.05, 4.69) is 37.0 Å². The Morgan fingerprint density at radius 3 is 2.61 bits per heavy atom. The van der Waals surface area contributed by atoms with E-state index in [1.165, 1.54) is 0 Å². The smallest absolute Gasteiger partial charge is 0.274 e. The van der Waals surface area contributed by atoms with E-state index in [1.807, 2.05) is 24.3 Å². The van der Waals surface area contributed by atoms with Crippen molar-refractivity contribution < 1.29 is 14.3 Å². The first-order chi connectivity index (χ1) is 18.5. The van der Waals surface area contributed by atoms with Gasteiger partial charge in [-0.3, -0.25) is 14.7 Å². The maximum atomic E-state index is 12.7. The van der Waals surface area contributed by atoms with E-state index in [0.29, 0.717) is 29.5 Å². The summed E-state index contributed by atoms with van der Waals surface area (Å²) in [5, 5.41) is 6.16. The molecular formula is C28H35N7O3. The van der Waals surface area contributed by atoms with Crippen LogP contribution in [0.2, 0.25) is 0 Å². The van der Waals surface area contributed by atoms with Gasteiger partial charge in [0.15, 0.2) is 0 Å². The third kappa shape index (κ3) is 7.67. The lowest BCUT2D eigenvalue weighted by Gasteiger charge is -2.30. The number of hydrogen-bond donors (Lipinski definition) is 3. The second kappa shape index (κ2) is 13.4. The topological polar surface area (TPSA) is 118 Å². The number of aromatic nitrogens is 2. The number of nitrogens with zero attached hydrogens (tertiary/aromatic N) is 4. The number of nitrogen functional groups attached to an aromatic ring is 1. The highest BCUT2D eigenvalue weighted by Gasteiger charge is 2.15. The van der Waals surface area contributed by atoms with Gasteiger partial charge in [-0.15, -0.1) is 0 Å². The fourth-order valence-corrected chi connectivity index (χ4v) is 4.11. The van der Waals surface area contributed by atoms with Crippen molar-refractivity contribution in [2.24, 2.45) is 0 Å². The maximum Gasteiger partial charge on any atom is 0.274 e. The molecule has 3 heterocycles. The number of hydrogen-bond acceptors (Lipinski definition) is 9. The van der Waals surface area contributed by atoms with Crippen LogP contribution in [0.15, 0.2) is 73.3 Å². The number of nitrogens with two attached hydrogens (primary N) is 1. The molecule has 0 aliphatic carbocycles. The fraction of sp³-hybridized carbons (Fsp3) is 0.321. The molecule has 1 saturated heterocycles. The van der Waals surface area contributed by atoms with Crippen LogP contribution in [-0.2, 0) is 11.3 Å². The number of benzene rings is 1. The van der Waals surface area contributed by atoms with Crippen molar-refractivity contribution in [2.45, 2.75) is 13.0 Å². The summed E-state index contributed by atoms with van der Waals surface area (Å²) in [5.74, 6) is 0.990. The number of ether oxygens (including phenoxy) is 2. The predicted molar refractivity (Wildman–Crippen MR) is 149 cm³/mol. The average molecular weight is 518 g/mol. The molecule has 200 valence electrons. The van der Waals surface area contributed by atoms with Crippen molar-refractivity contribution >= 4 is 23.0 Å². The number of morpholine rings is 1. The van der Waals surface area contributed by atoms with Gasteiger partial charge in [-0.25, -0.2) is 4.98 Å². The molecule has 0 spiro atoms. The molecule has 2 aromatic heterocycles. The SMILES string of the molecule is C=C(Nc1ccc(OC)nc1)N(CCCN1CCOCC1)Cc1ccc(C(=O)Nc2ccccc2N)nc1. The molecule has 4 N–H and O–H groups in total. The maximum absolute atomic E-state index is 12.7. The van der Waals surface area contributed by atoms with E-state index < -0.39 is 0 Å². The third-order valence-electron chi connectivity index (χ3n) is 6.26. The minimum Gasteiger partial charge on any atom is -0.481 e. The molecule has 0 saturated carbocycles. The predicted octanol–water partition coefficient (Wildman–Crippen LogP) is 3.43. The van der Waals surface area contributed by atoms with Crippen LogP contribution in [0.5, 0.6) is 5.88 Å². The van der Waals surface area contributed by atoms with Crippen LogP contribution in [0.4, 0.5) is 17.1 Å². The van der Waals surface area contributed by atoms with E-state index in [1.54, 1.807) is 43.8 Å². The Bertz CT molecular complexity index is 1200. The van der Waals surface area contributed by atoms with E-state index in [0.717, 1.165) is 62.9 Å². The highest BCUT2D eigenvalue weighted by atomic mass is 16.5. The molecule has 1 aliphatic rings. The monoisotopic (exact) mass is 517 g/mol. The lowest BCUT2D eigenvalue weighted by molar-refractivity contribution is 0.0364. The Hall–Kier alpha value is -4.15. The number of pyridine rings is 2. The van der Waals surface area contributed by atoms with Gasteiger partial charge in [0.25, 0.3) is 5.91 Å². The fourth-order valence-electron chi connectivity index (χ4n) is 4.11. The lowest BCUT2D eigenvalue weighted by atomic mass is 10.2. The zero-order chi connectivity index (χ0) is 26.7. The molecule has 10 nitrogen and oxygen atoms in total. The molecule has 0 unspecified atom stereocenters. The summed E-state index contributed by atoms with van der Waals surface area (Å²) in [6, 6.07) is 14.5. The molecule has 1 aromatic carbocycles.